The molecular weight excluding hydrogens is 446 g/mol. The van der Waals surface area contributed by atoms with Crippen molar-refractivity contribution in [3.8, 4) is 0 Å². The molecule has 4 amide bonds. The topological polar surface area (TPSA) is 189 Å². The third-order valence-corrected chi connectivity index (χ3v) is 5.06. The van der Waals surface area contributed by atoms with Gasteiger partial charge in [0.2, 0.25) is 23.6 Å². The molecule has 0 bridgehead atoms. The number of carboxylic acid groups (broad SMARTS) is 1. The van der Waals surface area contributed by atoms with Crippen LogP contribution < -0.4 is 27.0 Å². The Morgan fingerprint density at radius 2 is 1.65 bits per heavy atom. The van der Waals surface area contributed by atoms with E-state index < -0.39 is 48.3 Å². The van der Waals surface area contributed by atoms with Crippen molar-refractivity contribution in [3.05, 3.63) is 35.9 Å². The van der Waals surface area contributed by atoms with Gasteiger partial charge in [0.15, 0.2) is 6.10 Å². The Kier molecular flexibility index (Phi) is 10.9. The summed E-state index contributed by atoms with van der Waals surface area (Å²) >= 11 is 0. The number of amides is 4. The highest BCUT2D eigenvalue weighted by Crippen LogP contribution is 2.34. The Balaban J connectivity index is 1.82. The predicted molar refractivity (Wildman–Crippen MR) is 120 cm³/mol. The Hall–Kier alpha value is -3.51. The van der Waals surface area contributed by atoms with Gasteiger partial charge in [0.25, 0.3) is 0 Å². The Bertz CT molecular complexity index is 860. The van der Waals surface area contributed by atoms with Crippen molar-refractivity contribution in [2.45, 2.75) is 37.8 Å². The first-order valence-electron chi connectivity index (χ1n) is 11.0. The SMILES string of the molecule is NCC(=O)NCC(=O)N[C@@H](Cc1ccccc1)C(=O)NCC(=O)NCOC(CC1CC1)C(=O)O. The minimum atomic E-state index is -1.09. The lowest BCUT2D eigenvalue weighted by atomic mass is 10.1. The quantitative estimate of drug-likeness (QED) is 0.160. The zero-order valence-corrected chi connectivity index (χ0v) is 18.7. The normalized spacial score (nSPS) is 14.4. The molecule has 12 heteroatoms. The van der Waals surface area contributed by atoms with Gasteiger partial charge in [-0.15, -0.1) is 0 Å². The summed E-state index contributed by atoms with van der Waals surface area (Å²) in [5.41, 5.74) is 5.96. The number of carbonyl (C=O) groups excluding carboxylic acids is 4. The summed E-state index contributed by atoms with van der Waals surface area (Å²) in [6, 6.07) is 7.96. The summed E-state index contributed by atoms with van der Waals surface area (Å²) < 4.78 is 5.22. The number of ether oxygens (including phenoxy) is 1. The summed E-state index contributed by atoms with van der Waals surface area (Å²) in [7, 11) is 0. The second-order valence-electron chi connectivity index (χ2n) is 7.93. The van der Waals surface area contributed by atoms with E-state index >= 15 is 0 Å². The molecule has 1 fully saturated rings. The second-order valence-corrected chi connectivity index (χ2v) is 7.93. The number of benzene rings is 1. The van der Waals surface area contributed by atoms with Gasteiger partial charge in [-0.1, -0.05) is 43.2 Å². The van der Waals surface area contributed by atoms with Crippen molar-refractivity contribution in [2.24, 2.45) is 11.7 Å². The van der Waals surface area contributed by atoms with Gasteiger partial charge < -0.3 is 36.8 Å². The number of carboxylic acids is 1. The van der Waals surface area contributed by atoms with Gasteiger partial charge in [0.05, 0.1) is 19.6 Å². The molecule has 0 aromatic heterocycles. The molecule has 2 atom stereocenters. The molecule has 1 unspecified atom stereocenters. The molecule has 1 aliphatic carbocycles. The number of nitrogens with two attached hydrogens (primary N) is 1. The number of hydrogen-bond acceptors (Lipinski definition) is 7. The molecule has 1 aliphatic rings. The summed E-state index contributed by atoms with van der Waals surface area (Å²) in [5, 5.41) is 18.9. The minimum Gasteiger partial charge on any atom is -0.479 e. The molecule has 1 aromatic carbocycles. The van der Waals surface area contributed by atoms with Gasteiger partial charge in [0.1, 0.15) is 12.8 Å². The van der Waals surface area contributed by atoms with Gasteiger partial charge in [-0.25, -0.2) is 4.79 Å². The van der Waals surface area contributed by atoms with Gasteiger partial charge in [-0.05, 0) is 17.9 Å². The van der Waals surface area contributed by atoms with Crippen LogP contribution in [0.2, 0.25) is 0 Å². The smallest absolute Gasteiger partial charge is 0.332 e. The van der Waals surface area contributed by atoms with Crippen molar-refractivity contribution in [1.29, 1.82) is 0 Å². The van der Waals surface area contributed by atoms with Gasteiger partial charge in [0, 0.05) is 6.42 Å². The average Bonchev–Trinajstić information content (AvgIpc) is 3.64. The summed E-state index contributed by atoms with van der Waals surface area (Å²) in [5.74, 6) is -3.03. The van der Waals surface area contributed by atoms with E-state index in [-0.39, 0.29) is 26.2 Å². The van der Waals surface area contributed by atoms with E-state index in [2.05, 4.69) is 21.3 Å². The lowest BCUT2D eigenvalue weighted by Crippen LogP contribution is -2.52. The number of carbonyl (C=O) groups is 5. The van der Waals surface area contributed by atoms with Crippen LogP contribution in [0.25, 0.3) is 0 Å². The Labute approximate surface area is 197 Å². The summed E-state index contributed by atoms with van der Waals surface area (Å²) in [6.07, 6.45) is 1.52. The van der Waals surface area contributed by atoms with Crippen LogP contribution in [0.15, 0.2) is 30.3 Å². The van der Waals surface area contributed by atoms with Crippen molar-refractivity contribution < 1.29 is 33.8 Å². The van der Waals surface area contributed by atoms with Crippen LogP contribution in [0.3, 0.4) is 0 Å². The highest BCUT2D eigenvalue weighted by Gasteiger charge is 2.30. The first-order valence-corrected chi connectivity index (χ1v) is 11.0. The standard InChI is InChI=1S/C22H31N5O7/c23-10-18(28)24-12-20(30)27-16(8-14-4-2-1-3-5-14)21(31)25-11-19(29)26-13-34-17(22(32)33)9-15-6-7-15/h1-5,15-17H,6-13,23H2,(H,24,28)(H,25,31)(H,26,29)(H,27,30)(H,32,33)/t16-,17?/m0/s1. The maximum atomic E-state index is 12.7. The molecule has 34 heavy (non-hydrogen) atoms. The summed E-state index contributed by atoms with van der Waals surface area (Å²) in [4.78, 5) is 59.3. The second kappa shape index (κ2) is 13.9. The molecule has 0 aliphatic heterocycles. The fourth-order valence-corrected chi connectivity index (χ4v) is 3.03. The first kappa shape index (κ1) is 26.7. The lowest BCUT2D eigenvalue weighted by Gasteiger charge is -2.19. The van der Waals surface area contributed by atoms with Crippen molar-refractivity contribution in [2.75, 3.05) is 26.4 Å². The van der Waals surface area contributed by atoms with E-state index in [9.17, 15) is 24.0 Å². The molecule has 186 valence electrons. The molecule has 7 N–H and O–H groups in total. The van der Waals surface area contributed by atoms with Crippen molar-refractivity contribution >= 4 is 29.6 Å². The Morgan fingerprint density at radius 3 is 2.26 bits per heavy atom. The van der Waals surface area contributed by atoms with Gasteiger partial charge >= 0.3 is 5.97 Å². The largest absolute Gasteiger partial charge is 0.479 e. The number of aliphatic carboxylic acids is 1. The van der Waals surface area contributed by atoms with Crippen LogP contribution in [-0.4, -0.2) is 73.2 Å². The fourth-order valence-electron chi connectivity index (χ4n) is 3.03. The molecule has 2 rings (SSSR count). The number of nitrogens with one attached hydrogen (secondary N) is 4. The van der Waals surface area contributed by atoms with E-state index in [0.29, 0.717) is 12.3 Å². The van der Waals surface area contributed by atoms with Crippen LogP contribution in [0.5, 0.6) is 0 Å². The number of rotatable bonds is 15. The highest BCUT2D eigenvalue weighted by atomic mass is 16.5. The lowest BCUT2D eigenvalue weighted by molar-refractivity contribution is -0.152. The van der Waals surface area contributed by atoms with Gasteiger partial charge in [-0.3, -0.25) is 19.2 Å². The third-order valence-electron chi connectivity index (χ3n) is 5.06. The molecule has 0 radical (unpaired) electrons. The molecule has 1 saturated carbocycles. The highest BCUT2D eigenvalue weighted by molar-refractivity contribution is 5.92. The maximum absolute atomic E-state index is 12.7. The van der Waals surface area contributed by atoms with E-state index in [0.717, 1.165) is 18.4 Å². The fraction of sp³-hybridized carbons (Fsp3) is 0.500. The summed E-state index contributed by atoms with van der Waals surface area (Å²) in [6.45, 7) is -1.32. The monoisotopic (exact) mass is 477 g/mol. The van der Waals surface area contributed by atoms with E-state index in [1.54, 1.807) is 24.3 Å². The molecule has 0 spiro atoms. The average molecular weight is 478 g/mol. The van der Waals surface area contributed by atoms with Crippen LogP contribution in [0, 0.1) is 5.92 Å². The maximum Gasteiger partial charge on any atom is 0.332 e. The molecular formula is C22H31N5O7. The van der Waals surface area contributed by atoms with E-state index in [1.807, 2.05) is 6.07 Å². The predicted octanol–water partition coefficient (Wildman–Crippen LogP) is -1.75. The number of hydrogen-bond donors (Lipinski definition) is 6. The zero-order valence-electron chi connectivity index (χ0n) is 18.7. The van der Waals surface area contributed by atoms with Crippen LogP contribution >= 0.6 is 0 Å². The van der Waals surface area contributed by atoms with Gasteiger partial charge in [-0.2, -0.15) is 0 Å². The van der Waals surface area contributed by atoms with Crippen molar-refractivity contribution in [3.63, 3.8) is 0 Å². The van der Waals surface area contributed by atoms with Crippen LogP contribution in [0.4, 0.5) is 0 Å². The molecule has 0 heterocycles. The molecule has 0 saturated heterocycles. The minimum absolute atomic E-state index is 0.162. The van der Waals surface area contributed by atoms with Crippen molar-refractivity contribution in [1.82, 2.24) is 21.3 Å². The van der Waals surface area contributed by atoms with E-state index in [1.165, 1.54) is 0 Å². The van der Waals surface area contributed by atoms with E-state index in [4.69, 9.17) is 15.6 Å². The third kappa shape index (κ3) is 10.4. The van der Waals surface area contributed by atoms with Crippen LogP contribution in [0.1, 0.15) is 24.8 Å². The molecule has 1 aromatic rings. The first-order chi connectivity index (χ1) is 16.3. The van der Waals surface area contributed by atoms with Crippen LogP contribution in [-0.2, 0) is 35.1 Å². The molecule has 12 nitrogen and oxygen atoms in total. The Morgan fingerprint density at radius 1 is 0.971 bits per heavy atom. The zero-order chi connectivity index (χ0) is 24.9.